The van der Waals surface area contributed by atoms with Gasteiger partial charge in [0, 0.05) is 19.6 Å². The van der Waals surface area contributed by atoms with Crippen molar-refractivity contribution >= 4 is 0 Å². The first kappa shape index (κ1) is 19.6. The van der Waals surface area contributed by atoms with Gasteiger partial charge < -0.3 is 34.9 Å². The predicted molar refractivity (Wildman–Crippen MR) is 70.0 cm³/mol. The average Bonchev–Trinajstić information content (AvgIpc) is 2.42. The zero-order valence-corrected chi connectivity index (χ0v) is 13.0. The zero-order valence-electron chi connectivity index (χ0n) is 11.5. The van der Waals surface area contributed by atoms with Crippen molar-refractivity contribution in [1.82, 2.24) is 10.2 Å². The van der Waals surface area contributed by atoms with Gasteiger partial charge in [-0.25, -0.2) is 4.39 Å². The van der Waals surface area contributed by atoms with Gasteiger partial charge in [-0.15, -0.1) is 0 Å². The smallest absolute Gasteiger partial charge is 0.123 e. The maximum Gasteiger partial charge on any atom is 0.123 e. The predicted octanol–water partition coefficient (Wildman–Crippen LogP) is -4.35. The summed E-state index contributed by atoms with van der Waals surface area (Å²) in [7, 11) is 0. The third kappa shape index (κ3) is 7.41. The van der Waals surface area contributed by atoms with Crippen molar-refractivity contribution in [1.29, 1.82) is 0 Å². The van der Waals surface area contributed by atoms with E-state index in [1.165, 1.54) is 12.1 Å². The highest BCUT2D eigenvalue weighted by atomic mass is 35.5. The van der Waals surface area contributed by atoms with Gasteiger partial charge in [0.2, 0.25) is 0 Å². The van der Waals surface area contributed by atoms with Crippen LogP contribution in [-0.2, 0) is 11.3 Å². The van der Waals surface area contributed by atoms with Crippen molar-refractivity contribution in [2.24, 2.45) is 0 Å². The molecule has 116 valence electrons. The van der Waals surface area contributed by atoms with Crippen molar-refractivity contribution < 1.29 is 33.9 Å². The SMILES string of the molecule is Fc1ccc(CNCCCN2CCOCC2)cc1.[Cl-].[Cl-]. The normalized spacial score (nSPS) is 15.2. The first-order chi connectivity index (χ1) is 8.84. The molecular formula is C14H21Cl2FN2O-2. The van der Waals surface area contributed by atoms with Crippen molar-refractivity contribution in [2.75, 3.05) is 39.4 Å². The van der Waals surface area contributed by atoms with Crippen LogP contribution in [0, 0.1) is 5.82 Å². The summed E-state index contributed by atoms with van der Waals surface area (Å²) in [6.07, 6.45) is 1.14. The van der Waals surface area contributed by atoms with E-state index in [0.717, 1.165) is 57.9 Å². The van der Waals surface area contributed by atoms with E-state index in [1.54, 1.807) is 0 Å². The fourth-order valence-corrected chi connectivity index (χ4v) is 2.09. The topological polar surface area (TPSA) is 24.5 Å². The molecule has 3 nitrogen and oxygen atoms in total. The summed E-state index contributed by atoms with van der Waals surface area (Å²) < 4.78 is 18.0. The Balaban J connectivity index is 0.00000180. The molecule has 0 bridgehead atoms. The van der Waals surface area contributed by atoms with Crippen LogP contribution < -0.4 is 30.1 Å². The van der Waals surface area contributed by atoms with Gasteiger partial charge in [0.15, 0.2) is 0 Å². The highest BCUT2D eigenvalue weighted by Crippen LogP contribution is 2.02. The highest BCUT2D eigenvalue weighted by Gasteiger charge is 2.08. The van der Waals surface area contributed by atoms with E-state index in [1.807, 2.05) is 12.1 Å². The van der Waals surface area contributed by atoms with Gasteiger partial charge in [-0.05, 0) is 37.2 Å². The van der Waals surface area contributed by atoms with Crippen LogP contribution in [0.25, 0.3) is 0 Å². The van der Waals surface area contributed by atoms with Crippen molar-refractivity contribution in [3.05, 3.63) is 35.6 Å². The molecule has 6 heteroatoms. The number of hydrogen-bond donors (Lipinski definition) is 1. The maximum atomic E-state index is 12.7. The molecule has 20 heavy (non-hydrogen) atoms. The maximum absolute atomic E-state index is 12.7. The van der Waals surface area contributed by atoms with Crippen LogP contribution in [0.4, 0.5) is 4.39 Å². The number of rotatable bonds is 6. The van der Waals surface area contributed by atoms with Crippen LogP contribution >= 0.6 is 0 Å². The average molecular weight is 323 g/mol. The van der Waals surface area contributed by atoms with Crippen molar-refractivity contribution in [3.63, 3.8) is 0 Å². The Bertz CT molecular complexity index is 346. The summed E-state index contributed by atoms with van der Waals surface area (Å²) in [4.78, 5) is 2.43. The van der Waals surface area contributed by atoms with E-state index < -0.39 is 0 Å². The first-order valence-corrected chi connectivity index (χ1v) is 6.60. The lowest BCUT2D eigenvalue weighted by molar-refractivity contribution is -0.00100. The molecule has 1 saturated heterocycles. The largest absolute Gasteiger partial charge is 1.00 e. The number of morpholine rings is 1. The quantitative estimate of drug-likeness (QED) is 0.536. The first-order valence-electron chi connectivity index (χ1n) is 6.60. The Morgan fingerprint density at radius 3 is 2.40 bits per heavy atom. The zero-order chi connectivity index (χ0) is 12.6. The minimum absolute atomic E-state index is 0. The molecule has 0 spiro atoms. The molecule has 2 rings (SSSR count). The van der Waals surface area contributed by atoms with Crippen LogP contribution in [-0.4, -0.2) is 44.3 Å². The van der Waals surface area contributed by atoms with Crippen LogP contribution in [0.15, 0.2) is 24.3 Å². The molecule has 1 aromatic rings. The fourth-order valence-electron chi connectivity index (χ4n) is 2.09. The molecule has 1 heterocycles. The van der Waals surface area contributed by atoms with Crippen LogP contribution in [0.5, 0.6) is 0 Å². The van der Waals surface area contributed by atoms with E-state index >= 15 is 0 Å². The second-order valence-electron chi connectivity index (χ2n) is 4.61. The van der Waals surface area contributed by atoms with Gasteiger partial charge in [0.05, 0.1) is 13.2 Å². The number of halogens is 3. The van der Waals surface area contributed by atoms with Crippen molar-refractivity contribution in [2.45, 2.75) is 13.0 Å². The molecule has 0 aromatic heterocycles. The van der Waals surface area contributed by atoms with E-state index in [4.69, 9.17) is 4.74 Å². The highest BCUT2D eigenvalue weighted by molar-refractivity contribution is 5.15. The second kappa shape index (κ2) is 11.3. The number of nitrogens with one attached hydrogen (secondary N) is 1. The number of benzene rings is 1. The Hall–Kier alpha value is -0.390. The summed E-state index contributed by atoms with van der Waals surface area (Å²) >= 11 is 0. The molecular weight excluding hydrogens is 302 g/mol. The fraction of sp³-hybridized carbons (Fsp3) is 0.571. The second-order valence-corrected chi connectivity index (χ2v) is 4.61. The Kier molecular flexibility index (Phi) is 11.1. The van der Waals surface area contributed by atoms with Gasteiger partial charge >= 0.3 is 0 Å². The van der Waals surface area contributed by atoms with Gasteiger partial charge in [-0.2, -0.15) is 0 Å². The molecule has 1 fully saturated rings. The summed E-state index contributed by atoms with van der Waals surface area (Å²) in [6.45, 7) is 6.76. The molecule has 0 aliphatic carbocycles. The molecule has 0 atom stereocenters. The molecule has 0 radical (unpaired) electrons. The Morgan fingerprint density at radius 1 is 1.10 bits per heavy atom. The molecule has 0 saturated carbocycles. The molecule has 0 amide bonds. The number of hydrogen-bond acceptors (Lipinski definition) is 3. The lowest BCUT2D eigenvalue weighted by Crippen LogP contribution is -3.00. The van der Waals surface area contributed by atoms with Crippen molar-refractivity contribution in [3.8, 4) is 0 Å². The monoisotopic (exact) mass is 322 g/mol. The molecule has 1 aliphatic heterocycles. The van der Waals surface area contributed by atoms with Gasteiger partial charge in [0.1, 0.15) is 5.82 Å². The third-order valence-corrected chi connectivity index (χ3v) is 3.17. The van der Waals surface area contributed by atoms with Gasteiger partial charge in [-0.3, -0.25) is 4.90 Å². The van der Waals surface area contributed by atoms with Crippen LogP contribution in [0.2, 0.25) is 0 Å². The van der Waals surface area contributed by atoms with Crippen LogP contribution in [0.3, 0.4) is 0 Å². The van der Waals surface area contributed by atoms with E-state index in [0.29, 0.717) is 0 Å². The minimum Gasteiger partial charge on any atom is -1.00 e. The summed E-state index contributed by atoms with van der Waals surface area (Å²) in [5.41, 5.74) is 1.13. The number of nitrogens with zero attached hydrogens (tertiary/aromatic N) is 1. The van der Waals surface area contributed by atoms with E-state index in [9.17, 15) is 4.39 Å². The van der Waals surface area contributed by atoms with Gasteiger partial charge in [-0.1, -0.05) is 12.1 Å². The van der Waals surface area contributed by atoms with E-state index in [2.05, 4.69) is 10.2 Å². The lowest BCUT2D eigenvalue weighted by Gasteiger charge is -2.26. The molecule has 1 aromatic carbocycles. The molecule has 1 aliphatic rings. The Labute approximate surface area is 132 Å². The molecule has 0 unspecified atom stereocenters. The summed E-state index contributed by atoms with van der Waals surface area (Å²) in [6, 6.07) is 6.66. The summed E-state index contributed by atoms with van der Waals surface area (Å²) in [5.74, 6) is -0.175. The standard InChI is InChI=1S/C14H21FN2O.2ClH/c15-14-4-2-13(3-5-14)12-16-6-1-7-17-8-10-18-11-9-17;;/h2-5,16H,1,6-12H2;2*1H/p-2. The van der Waals surface area contributed by atoms with Gasteiger partial charge in [0.25, 0.3) is 0 Å². The third-order valence-electron chi connectivity index (χ3n) is 3.17. The molecule has 1 N–H and O–H groups in total. The summed E-state index contributed by atoms with van der Waals surface area (Å²) in [5, 5.41) is 3.38. The lowest BCUT2D eigenvalue weighted by atomic mass is 10.2. The van der Waals surface area contributed by atoms with E-state index in [-0.39, 0.29) is 30.6 Å². The number of ether oxygens (including phenoxy) is 1. The minimum atomic E-state index is -0.175. The Morgan fingerprint density at radius 2 is 1.75 bits per heavy atom. The van der Waals surface area contributed by atoms with Crippen LogP contribution in [0.1, 0.15) is 12.0 Å².